The van der Waals surface area contributed by atoms with E-state index in [1.165, 1.54) is 43.6 Å². The zero-order valence-corrected chi connectivity index (χ0v) is 15.6. The molecule has 1 aromatic heterocycles. The molecule has 0 spiro atoms. The fraction of sp³-hybridized carbons (Fsp3) is 0.524. The predicted molar refractivity (Wildman–Crippen MR) is 105 cm³/mol. The van der Waals surface area contributed by atoms with Crippen LogP contribution in [0.4, 0.5) is 5.69 Å². The number of benzene rings is 1. The lowest BCUT2D eigenvalue weighted by Crippen LogP contribution is -2.29. The van der Waals surface area contributed by atoms with E-state index in [1.54, 1.807) is 6.07 Å². The number of aromatic amines is 1. The van der Waals surface area contributed by atoms with Crippen LogP contribution in [0.15, 0.2) is 35.1 Å². The summed E-state index contributed by atoms with van der Waals surface area (Å²) < 4.78 is 0. The second-order valence-corrected chi connectivity index (χ2v) is 7.69. The Kier molecular flexibility index (Phi) is 5.07. The van der Waals surface area contributed by atoms with Crippen LogP contribution in [0.2, 0.25) is 0 Å². The average Bonchev–Trinajstić information content (AvgIpc) is 3.11. The third-order valence-corrected chi connectivity index (χ3v) is 5.63. The number of anilines is 1. The summed E-state index contributed by atoms with van der Waals surface area (Å²) in [5.74, 6) is 1.07. The number of likely N-dealkylation sites (tertiary alicyclic amines) is 1. The lowest BCUT2D eigenvalue weighted by atomic mass is 10.0. The van der Waals surface area contributed by atoms with E-state index in [9.17, 15) is 4.79 Å². The Hall–Kier alpha value is -2.14. The Morgan fingerprint density at radius 1 is 1.12 bits per heavy atom. The number of nitrogens with zero attached hydrogens (tertiary/aromatic N) is 3. The number of piperidine rings is 1. The van der Waals surface area contributed by atoms with E-state index < -0.39 is 0 Å². The molecule has 4 rings (SSSR count). The first-order valence-electron chi connectivity index (χ1n) is 9.81. The molecular weight excluding hydrogens is 324 g/mol. The minimum atomic E-state index is -0.0424. The minimum Gasteiger partial charge on any atom is -0.372 e. The molecule has 138 valence electrons. The summed E-state index contributed by atoms with van der Waals surface area (Å²) in [5.41, 5.74) is 3.62. The predicted octanol–water partition coefficient (Wildman–Crippen LogP) is 3.06. The van der Waals surface area contributed by atoms with E-state index in [2.05, 4.69) is 44.0 Å². The highest BCUT2D eigenvalue weighted by Gasteiger charge is 2.25. The quantitative estimate of drug-likeness (QED) is 0.919. The number of rotatable bonds is 4. The molecule has 1 N–H and O–H groups in total. The number of aryl methyl sites for hydroxylation is 1. The molecular formula is C21H28N4O. The molecule has 0 unspecified atom stereocenters. The van der Waals surface area contributed by atoms with Gasteiger partial charge in [0.1, 0.15) is 5.82 Å². The first kappa shape index (κ1) is 17.3. The van der Waals surface area contributed by atoms with Gasteiger partial charge in [0, 0.05) is 43.9 Å². The van der Waals surface area contributed by atoms with Crippen LogP contribution in [0.25, 0.3) is 0 Å². The van der Waals surface area contributed by atoms with Crippen molar-refractivity contribution in [3.05, 3.63) is 57.8 Å². The molecule has 2 aliphatic rings. The zero-order chi connectivity index (χ0) is 17.9. The van der Waals surface area contributed by atoms with Crippen molar-refractivity contribution in [3.63, 3.8) is 0 Å². The highest BCUT2D eigenvalue weighted by Crippen LogP contribution is 2.27. The fourth-order valence-corrected chi connectivity index (χ4v) is 4.25. The molecule has 0 bridgehead atoms. The van der Waals surface area contributed by atoms with Crippen molar-refractivity contribution in [1.29, 1.82) is 0 Å². The lowest BCUT2D eigenvalue weighted by Gasteiger charge is -2.29. The van der Waals surface area contributed by atoms with Crippen LogP contribution in [-0.4, -0.2) is 41.0 Å². The van der Waals surface area contributed by atoms with Crippen molar-refractivity contribution in [2.45, 2.75) is 45.1 Å². The van der Waals surface area contributed by atoms with Gasteiger partial charge in [-0.1, -0.05) is 12.1 Å². The Balaban J connectivity index is 1.37. The summed E-state index contributed by atoms with van der Waals surface area (Å²) in [6.45, 7) is 7.24. The van der Waals surface area contributed by atoms with Gasteiger partial charge in [-0.2, -0.15) is 0 Å². The molecule has 2 aromatic rings. The van der Waals surface area contributed by atoms with Crippen molar-refractivity contribution in [2.75, 3.05) is 31.1 Å². The largest absolute Gasteiger partial charge is 0.372 e. The van der Waals surface area contributed by atoms with Gasteiger partial charge in [0.05, 0.1) is 5.69 Å². The van der Waals surface area contributed by atoms with Gasteiger partial charge in [-0.15, -0.1) is 0 Å². The molecule has 3 heterocycles. The number of H-pyrrole nitrogens is 1. The Morgan fingerprint density at radius 3 is 2.62 bits per heavy atom. The van der Waals surface area contributed by atoms with Crippen LogP contribution in [0.5, 0.6) is 0 Å². The standard InChI is InChI=1S/C21H28N4O/c1-16-22-20(13-21(26)23-16)18-9-12-24(15-18)14-17-5-7-19(8-6-17)25-10-3-2-4-11-25/h5-8,13,18H,2-4,9-12,14-15H2,1H3,(H,22,23,26)/t18-/m1/s1. The first-order chi connectivity index (χ1) is 12.7. The minimum absolute atomic E-state index is 0.0424. The molecule has 5 heteroatoms. The van der Waals surface area contributed by atoms with Crippen molar-refractivity contribution < 1.29 is 0 Å². The second kappa shape index (κ2) is 7.62. The zero-order valence-electron chi connectivity index (χ0n) is 15.6. The van der Waals surface area contributed by atoms with Crippen LogP contribution >= 0.6 is 0 Å². The molecule has 1 aromatic carbocycles. The Labute approximate surface area is 155 Å². The maximum Gasteiger partial charge on any atom is 0.251 e. The highest BCUT2D eigenvalue weighted by molar-refractivity contribution is 5.47. The van der Waals surface area contributed by atoms with Gasteiger partial charge in [-0.25, -0.2) is 4.98 Å². The third kappa shape index (κ3) is 3.98. The van der Waals surface area contributed by atoms with E-state index in [-0.39, 0.29) is 5.56 Å². The van der Waals surface area contributed by atoms with Crippen LogP contribution in [-0.2, 0) is 6.54 Å². The van der Waals surface area contributed by atoms with Crippen molar-refractivity contribution >= 4 is 5.69 Å². The van der Waals surface area contributed by atoms with E-state index in [0.717, 1.165) is 31.7 Å². The normalized spacial score (nSPS) is 21.3. The van der Waals surface area contributed by atoms with Gasteiger partial charge in [-0.3, -0.25) is 9.69 Å². The summed E-state index contributed by atoms with van der Waals surface area (Å²) in [6.07, 6.45) is 5.06. The van der Waals surface area contributed by atoms with Gasteiger partial charge in [0.15, 0.2) is 0 Å². The van der Waals surface area contributed by atoms with Crippen molar-refractivity contribution in [2.24, 2.45) is 0 Å². The molecule has 2 fully saturated rings. The van der Waals surface area contributed by atoms with Crippen LogP contribution in [0, 0.1) is 6.92 Å². The molecule has 0 radical (unpaired) electrons. The molecule has 0 amide bonds. The van der Waals surface area contributed by atoms with Gasteiger partial charge >= 0.3 is 0 Å². The summed E-state index contributed by atoms with van der Waals surface area (Å²) in [7, 11) is 0. The highest BCUT2D eigenvalue weighted by atomic mass is 16.1. The molecule has 5 nitrogen and oxygen atoms in total. The number of nitrogens with one attached hydrogen (secondary N) is 1. The van der Waals surface area contributed by atoms with Gasteiger partial charge in [0.25, 0.3) is 5.56 Å². The van der Waals surface area contributed by atoms with E-state index in [0.29, 0.717) is 11.7 Å². The number of aromatic nitrogens is 2. The van der Waals surface area contributed by atoms with Crippen LogP contribution < -0.4 is 10.5 Å². The summed E-state index contributed by atoms with van der Waals surface area (Å²) in [4.78, 5) is 23.9. The molecule has 2 aliphatic heterocycles. The molecule has 26 heavy (non-hydrogen) atoms. The summed E-state index contributed by atoms with van der Waals surface area (Å²) >= 11 is 0. The van der Waals surface area contributed by atoms with Crippen LogP contribution in [0.1, 0.15) is 48.7 Å². The number of hydrogen-bond acceptors (Lipinski definition) is 4. The average molecular weight is 352 g/mol. The SMILES string of the molecule is Cc1nc([C@@H]2CCN(Cc3ccc(N4CCCCC4)cc3)C2)cc(=O)[nH]1. The van der Waals surface area contributed by atoms with E-state index in [1.807, 2.05) is 6.92 Å². The first-order valence-corrected chi connectivity index (χ1v) is 9.81. The van der Waals surface area contributed by atoms with Gasteiger partial charge in [0.2, 0.25) is 0 Å². The maximum atomic E-state index is 11.7. The maximum absolute atomic E-state index is 11.7. The molecule has 1 atom stereocenters. The van der Waals surface area contributed by atoms with Crippen molar-refractivity contribution in [1.82, 2.24) is 14.9 Å². The molecule has 0 aliphatic carbocycles. The summed E-state index contributed by atoms with van der Waals surface area (Å²) in [5, 5.41) is 0. The topological polar surface area (TPSA) is 52.2 Å². The third-order valence-electron chi connectivity index (χ3n) is 5.63. The van der Waals surface area contributed by atoms with Crippen LogP contribution in [0.3, 0.4) is 0 Å². The van der Waals surface area contributed by atoms with Gasteiger partial charge < -0.3 is 9.88 Å². The Morgan fingerprint density at radius 2 is 1.88 bits per heavy atom. The Bertz CT molecular complexity index is 792. The fourth-order valence-electron chi connectivity index (χ4n) is 4.25. The molecule has 2 saturated heterocycles. The monoisotopic (exact) mass is 352 g/mol. The smallest absolute Gasteiger partial charge is 0.251 e. The number of hydrogen-bond donors (Lipinski definition) is 1. The van der Waals surface area contributed by atoms with Gasteiger partial charge in [-0.05, 0) is 56.8 Å². The second-order valence-electron chi connectivity index (χ2n) is 7.69. The summed E-state index contributed by atoms with van der Waals surface area (Å²) in [6, 6.07) is 10.8. The van der Waals surface area contributed by atoms with E-state index in [4.69, 9.17) is 0 Å². The van der Waals surface area contributed by atoms with E-state index >= 15 is 0 Å². The van der Waals surface area contributed by atoms with Crippen molar-refractivity contribution in [3.8, 4) is 0 Å². The molecule has 0 saturated carbocycles. The lowest BCUT2D eigenvalue weighted by molar-refractivity contribution is 0.326.